The summed E-state index contributed by atoms with van der Waals surface area (Å²) in [6.45, 7) is 0. The Labute approximate surface area is 103 Å². The lowest BCUT2D eigenvalue weighted by molar-refractivity contribution is 0.0690. The summed E-state index contributed by atoms with van der Waals surface area (Å²) < 4.78 is 5.14. The molecule has 6 nitrogen and oxygen atoms in total. The summed E-state index contributed by atoms with van der Waals surface area (Å²) in [5.41, 5.74) is 0.610. The molecule has 1 aliphatic rings. The summed E-state index contributed by atoms with van der Waals surface area (Å²) in [6, 6.07) is 4.04. The lowest BCUT2D eigenvalue weighted by Crippen LogP contribution is -2.02. The van der Waals surface area contributed by atoms with E-state index in [1.165, 1.54) is 0 Å². The number of pyridine rings is 1. The normalized spacial score (nSPS) is 14.4. The number of nitrogens with one attached hydrogen (secondary N) is 1. The first kappa shape index (κ1) is 10.8. The zero-order valence-electron chi connectivity index (χ0n) is 9.46. The molecule has 0 unspecified atom stereocenters. The van der Waals surface area contributed by atoms with Crippen LogP contribution in [0.3, 0.4) is 0 Å². The number of nitrogens with zero attached hydrogens (tertiary/aromatic N) is 2. The van der Waals surface area contributed by atoms with Crippen LogP contribution in [0, 0.1) is 0 Å². The number of carbonyl (C=O) groups is 1. The second-order valence-electron chi connectivity index (χ2n) is 4.19. The van der Waals surface area contributed by atoms with Gasteiger partial charge in [-0.3, -0.25) is 0 Å². The maximum atomic E-state index is 10.7. The SMILES string of the molecule is O=C(O)c1coc(-c2ccnc(NC3CC3)c2)n1. The second-order valence-corrected chi connectivity index (χ2v) is 4.19. The Morgan fingerprint density at radius 3 is 3.00 bits per heavy atom. The number of rotatable bonds is 4. The van der Waals surface area contributed by atoms with Gasteiger partial charge in [-0.1, -0.05) is 0 Å². The van der Waals surface area contributed by atoms with E-state index in [0.29, 0.717) is 11.6 Å². The van der Waals surface area contributed by atoms with E-state index in [1.807, 2.05) is 0 Å². The Hall–Kier alpha value is -2.37. The zero-order valence-corrected chi connectivity index (χ0v) is 9.46. The van der Waals surface area contributed by atoms with Gasteiger partial charge in [-0.05, 0) is 25.0 Å². The summed E-state index contributed by atoms with van der Waals surface area (Å²) in [6.07, 6.45) is 5.10. The maximum Gasteiger partial charge on any atom is 0.357 e. The highest BCUT2D eigenvalue weighted by molar-refractivity contribution is 5.85. The molecule has 1 saturated carbocycles. The largest absolute Gasteiger partial charge is 0.476 e. The lowest BCUT2D eigenvalue weighted by atomic mass is 10.2. The minimum absolute atomic E-state index is 0.0986. The highest BCUT2D eigenvalue weighted by Gasteiger charge is 2.21. The van der Waals surface area contributed by atoms with Crippen molar-refractivity contribution in [3.63, 3.8) is 0 Å². The van der Waals surface area contributed by atoms with E-state index >= 15 is 0 Å². The standard InChI is InChI=1S/C12H11N3O3/c16-12(17)9-6-18-11(15-9)7-3-4-13-10(5-7)14-8-1-2-8/h3-6,8H,1-2H2,(H,13,14)(H,16,17). The summed E-state index contributed by atoms with van der Waals surface area (Å²) in [4.78, 5) is 18.8. The topological polar surface area (TPSA) is 88.2 Å². The van der Waals surface area contributed by atoms with Gasteiger partial charge in [0.25, 0.3) is 0 Å². The summed E-state index contributed by atoms with van der Waals surface area (Å²) >= 11 is 0. The Bertz CT molecular complexity index is 590. The van der Waals surface area contributed by atoms with Crippen molar-refractivity contribution in [1.82, 2.24) is 9.97 Å². The number of aromatic carboxylic acids is 1. The Morgan fingerprint density at radius 1 is 1.50 bits per heavy atom. The van der Waals surface area contributed by atoms with Crippen LogP contribution in [0.15, 0.2) is 29.0 Å². The van der Waals surface area contributed by atoms with Crippen molar-refractivity contribution in [2.75, 3.05) is 5.32 Å². The number of anilines is 1. The average Bonchev–Trinajstić information content (AvgIpc) is 3.03. The molecule has 6 heteroatoms. The molecule has 0 saturated heterocycles. The van der Waals surface area contributed by atoms with Crippen LogP contribution >= 0.6 is 0 Å². The summed E-state index contributed by atoms with van der Waals surface area (Å²) in [5.74, 6) is -0.0610. The first-order chi connectivity index (χ1) is 8.72. The van der Waals surface area contributed by atoms with Gasteiger partial charge in [0.15, 0.2) is 5.69 Å². The van der Waals surface area contributed by atoms with Crippen LogP contribution in [0.1, 0.15) is 23.3 Å². The highest BCUT2D eigenvalue weighted by Crippen LogP contribution is 2.26. The van der Waals surface area contributed by atoms with E-state index in [9.17, 15) is 4.79 Å². The monoisotopic (exact) mass is 245 g/mol. The third-order valence-electron chi connectivity index (χ3n) is 2.66. The van der Waals surface area contributed by atoms with E-state index in [0.717, 1.165) is 24.9 Å². The van der Waals surface area contributed by atoms with Gasteiger partial charge in [0.1, 0.15) is 12.1 Å². The van der Waals surface area contributed by atoms with Crippen LogP contribution in [0.4, 0.5) is 5.82 Å². The van der Waals surface area contributed by atoms with Crippen molar-refractivity contribution in [3.8, 4) is 11.5 Å². The first-order valence-corrected chi connectivity index (χ1v) is 5.64. The van der Waals surface area contributed by atoms with Crippen molar-refractivity contribution in [2.45, 2.75) is 18.9 Å². The third-order valence-corrected chi connectivity index (χ3v) is 2.66. The van der Waals surface area contributed by atoms with Crippen LogP contribution in [0.25, 0.3) is 11.5 Å². The lowest BCUT2D eigenvalue weighted by Gasteiger charge is -2.03. The minimum atomic E-state index is -1.10. The van der Waals surface area contributed by atoms with Crippen molar-refractivity contribution < 1.29 is 14.3 Å². The highest BCUT2D eigenvalue weighted by atomic mass is 16.4. The maximum absolute atomic E-state index is 10.7. The molecule has 3 rings (SSSR count). The van der Waals surface area contributed by atoms with Gasteiger partial charge < -0.3 is 14.8 Å². The fourth-order valence-corrected chi connectivity index (χ4v) is 1.58. The average molecular weight is 245 g/mol. The molecule has 0 aliphatic heterocycles. The van der Waals surface area contributed by atoms with Gasteiger partial charge in [-0.2, -0.15) is 0 Å². The number of aromatic nitrogens is 2. The predicted octanol–water partition coefficient (Wildman–Crippen LogP) is 2.01. The van der Waals surface area contributed by atoms with Gasteiger partial charge in [0.2, 0.25) is 5.89 Å². The molecule has 0 spiro atoms. The van der Waals surface area contributed by atoms with Crippen molar-refractivity contribution in [3.05, 3.63) is 30.3 Å². The molecular weight excluding hydrogens is 234 g/mol. The quantitative estimate of drug-likeness (QED) is 0.856. The molecular formula is C12H11N3O3. The molecule has 1 fully saturated rings. The summed E-state index contributed by atoms with van der Waals surface area (Å²) in [7, 11) is 0. The number of hydrogen-bond donors (Lipinski definition) is 2. The number of oxazole rings is 1. The van der Waals surface area contributed by atoms with Crippen LogP contribution in [0.2, 0.25) is 0 Å². The fraction of sp³-hybridized carbons (Fsp3) is 0.250. The Morgan fingerprint density at radius 2 is 2.33 bits per heavy atom. The van der Waals surface area contributed by atoms with E-state index < -0.39 is 5.97 Å². The molecule has 2 N–H and O–H groups in total. The molecule has 2 aromatic heterocycles. The van der Waals surface area contributed by atoms with Crippen molar-refractivity contribution in [1.29, 1.82) is 0 Å². The van der Waals surface area contributed by atoms with Gasteiger partial charge in [-0.15, -0.1) is 0 Å². The van der Waals surface area contributed by atoms with E-state index in [2.05, 4.69) is 15.3 Å². The smallest absolute Gasteiger partial charge is 0.357 e. The molecule has 0 atom stereocenters. The number of hydrogen-bond acceptors (Lipinski definition) is 5. The molecule has 0 radical (unpaired) electrons. The molecule has 92 valence electrons. The van der Waals surface area contributed by atoms with E-state index in [1.54, 1.807) is 18.3 Å². The number of carboxylic acid groups (broad SMARTS) is 1. The molecule has 1 aliphatic carbocycles. The van der Waals surface area contributed by atoms with Gasteiger partial charge in [0, 0.05) is 17.8 Å². The predicted molar refractivity (Wildman–Crippen MR) is 63.3 cm³/mol. The number of carboxylic acids is 1. The van der Waals surface area contributed by atoms with Crippen molar-refractivity contribution >= 4 is 11.8 Å². The molecule has 0 bridgehead atoms. The Balaban J connectivity index is 1.87. The minimum Gasteiger partial charge on any atom is -0.476 e. The molecule has 0 amide bonds. The fourth-order valence-electron chi connectivity index (χ4n) is 1.58. The summed E-state index contributed by atoms with van der Waals surface area (Å²) in [5, 5.41) is 12.0. The Kier molecular flexibility index (Phi) is 2.47. The second kappa shape index (κ2) is 4.14. The van der Waals surface area contributed by atoms with Crippen LogP contribution < -0.4 is 5.32 Å². The van der Waals surface area contributed by atoms with E-state index in [4.69, 9.17) is 9.52 Å². The van der Waals surface area contributed by atoms with E-state index in [-0.39, 0.29) is 11.6 Å². The van der Waals surface area contributed by atoms with Gasteiger partial charge in [-0.25, -0.2) is 14.8 Å². The van der Waals surface area contributed by atoms with Crippen LogP contribution in [0.5, 0.6) is 0 Å². The molecule has 0 aromatic carbocycles. The third kappa shape index (κ3) is 2.17. The first-order valence-electron chi connectivity index (χ1n) is 5.64. The van der Waals surface area contributed by atoms with Gasteiger partial charge in [0.05, 0.1) is 0 Å². The van der Waals surface area contributed by atoms with Gasteiger partial charge >= 0.3 is 5.97 Å². The van der Waals surface area contributed by atoms with Crippen LogP contribution in [-0.4, -0.2) is 27.1 Å². The van der Waals surface area contributed by atoms with Crippen LogP contribution in [-0.2, 0) is 0 Å². The molecule has 2 aromatic rings. The van der Waals surface area contributed by atoms with Crippen molar-refractivity contribution in [2.24, 2.45) is 0 Å². The molecule has 18 heavy (non-hydrogen) atoms. The molecule has 2 heterocycles. The zero-order chi connectivity index (χ0) is 12.5.